The highest BCUT2D eigenvalue weighted by molar-refractivity contribution is 4.87. The molecule has 0 spiro atoms. The van der Waals surface area contributed by atoms with Crippen LogP contribution < -0.4 is 10.2 Å². The van der Waals surface area contributed by atoms with Crippen molar-refractivity contribution in [3.05, 3.63) is 0 Å². The largest absolute Gasteiger partial charge is 0.388 e. The lowest BCUT2D eigenvalue weighted by Gasteiger charge is -2.34. The highest BCUT2D eigenvalue weighted by Gasteiger charge is 2.39. The Morgan fingerprint density at radius 2 is 1.92 bits per heavy atom. The van der Waals surface area contributed by atoms with Gasteiger partial charge in [0, 0.05) is 12.5 Å². The molecular formula is C20H39N2O4+. The average molecular weight is 372 g/mol. The fourth-order valence-corrected chi connectivity index (χ4v) is 4.71. The van der Waals surface area contributed by atoms with E-state index in [-0.39, 0.29) is 18.9 Å². The van der Waals surface area contributed by atoms with Gasteiger partial charge in [0.25, 0.3) is 0 Å². The van der Waals surface area contributed by atoms with Crippen molar-refractivity contribution in [2.45, 2.75) is 82.5 Å². The Balaban J connectivity index is 1.37. The monoisotopic (exact) mass is 371 g/mol. The van der Waals surface area contributed by atoms with Gasteiger partial charge in [-0.25, -0.2) is 0 Å². The van der Waals surface area contributed by atoms with E-state index < -0.39 is 11.7 Å². The first kappa shape index (κ1) is 20.5. The Labute approximate surface area is 158 Å². The number of quaternary nitrogens is 1. The van der Waals surface area contributed by atoms with Crippen molar-refractivity contribution in [3.8, 4) is 0 Å². The van der Waals surface area contributed by atoms with Crippen molar-refractivity contribution in [1.29, 1.82) is 0 Å². The van der Waals surface area contributed by atoms with Crippen molar-refractivity contribution in [1.82, 2.24) is 5.32 Å². The van der Waals surface area contributed by atoms with Crippen LogP contribution >= 0.6 is 0 Å². The lowest BCUT2D eigenvalue weighted by molar-refractivity contribution is -0.889. The first-order chi connectivity index (χ1) is 12.3. The highest BCUT2D eigenvalue weighted by atomic mass is 16.5. The van der Waals surface area contributed by atoms with Gasteiger partial charge in [-0.15, -0.1) is 0 Å². The second-order valence-corrected chi connectivity index (χ2v) is 9.36. The second kappa shape index (κ2) is 8.84. The van der Waals surface area contributed by atoms with Crippen molar-refractivity contribution >= 4 is 0 Å². The van der Waals surface area contributed by atoms with Gasteiger partial charge in [-0.2, -0.15) is 0 Å². The van der Waals surface area contributed by atoms with Crippen molar-refractivity contribution in [2.75, 3.05) is 33.3 Å². The maximum Gasteiger partial charge on any atom is 0.116 e. The van der Waals surface area contributed by atoms with Gasteiger partial charge in [-0.1, -0.05) is 0 Å². The number of aliphatic hydroxyl groups excluding tert-OH is 1. The predicted molar refractivity (Wildman–Crippen MR) is 100 cm³/mol. The van der Waals surface area contributed by atoms with Gasteiger partial charge in [0.15, 0.2) is 0 Å². The third-order valence-corrected chi connectivity index (χ3v) is 6.61. The highest BCUT2D eigenvalue weighted by Crippen LogP contribution is 2.33. The molecule has 0 radical (unpaired) electrons. The molecule has 3 aliphatic rings. The summed E-state index contributed by atoms with van der Waals surface area (Å²) in [5.74, 6) is 1.26. The van der Waals surface area contributed by atoms with Crippen LogP contribution in [0.1, 0.15) is 52.4 Å². The zero-order valence-corrected chi connectivity index (χ0v) is 16.7. The van der Waals surface area contributed by atoms with Crippen LogP contribution in [0.2, 0.25) is 0 Å². The third kappa shape index (κ3) is 5.40. The first-order valence-electron chi connectivity index (χ1n) is 10.5. The van der Waals surface area contributed by atoms with Crippen molar-refractivity contribution < 1.29 is 24.6 Å². The molecule has 0 amide bonds. The van der Waals surface area contributed by atoms with Crippen LogP contribution in [0.4, 0.5) is 0 Å². The van der Waals surface area contributed by atoms with Gasteiger partial charge in [0.2, 0.25) is 0 Å². The van der Waals surface area contributed by atoms with E-state index in [0.29, 0.717) is 17.9 Å². The summed E-state index contributed by atoms with van der Waals surface area (Å²) in [6.45, 7) is 6.93. The van der Waals surface area contributed by atoms with Gasteiger partial charge in [0.1, 0.15) is 12.3 Å². The molecule has 0 aromatic heterocycles. The van der Waals surface area contributed by atoms with Crippen LogP contribution in [-0.4, -0.2) is 73.6 Å². The van der Waals surface area contributed by atoms with Gasteiger partial charge in [0.05, 0.1) is 44.6 Å². The number of ether oxygens (including phenoxy) is 2. The quantitative estimate of drug-likeness (QED) is 0.526. The minimum atomic E-state index is -1.11. The molecule has 26 heavy (non-hydrogen) atoms. The molecule has 0 bridgehead atoms. The molecule has 2 aliphatic heterocycles. The van der Waals surface area contributed by atoms with Crippen molar-refractivity contribution in [3.63, 3.8) is 0 Å². The van der Waals surface area contributed by atoms with Crippen molar-refractivity contribution in [2.24, 2.45) is 11.8 Å². The smallest absolute Gasteiger partial charge is 0.116 e. The summed E-state index contributed by atoms with van der Waals surface area (Å²) in [6, 6.07) is 0. The minimum absolute atomic E-state index is 0.198. The Hall–Kier alpha value is -0.240. The van der Waals surface area contributed by atoms with E-state index in [1.54, 1.807) is 18.7 Å². The lowest BCUT2D eigenvalue weighted by atomic mass is 9.83. The van der Waals surface area contributed by atoms with E-state index in [2.05, 4.69) is 12.4 Å². The Morgan fingerprint density at radius 1 is 1.19 bits per heavy atom. The van der Waals surface area contributed by atoms with E-state index in [1.807, 2.05) is 0 Å². The number of likely N-dealkylation sites (tertiary alicyclic amines) is 1. The summed E-state index contributed by atoms with van der Waals surface area (Å²) < 4.78 is 12.3. The van der Waals surface area contributed by atoms with Gasteiger partial charge < -0.3 is 24.6 Å². The minimum Gasteiger partial charge on any atom is -0.388 e. The number of nitrogens with one attached hydrogen (secondary N) is 2. The second-order valence-electron chi connectivity index (χ2n) is 9.36. The van der Waals surface area contributed by atoms with Crippen LogP contribution in [0, 0.1) is 11.8 Å². The van der Waals surface area contributed by atoms with E-state index in [9.17, 15) is 10.2 Å². The zero-order chi connectivity index (χ0) is 18.7. The SMILES string of the molecule is C[NH+]1CCCC(C2NCC(C3CCC(OC[C@H](O)C(C)(C)O)CC3)O2)C1. The van der Waals surface area contributed by atoms with E-state index in [4.69, 9.17) is 9.47 Å². The molecule has 5 atom stereocenters. The van der Waals surface area contributed by atoms with E-state index in [0.717, 1.165) is 32.2 Å². The normalized spacial score (nSPS) is 40.5. The molecule has 3 fully saturated rings. The molecule has 0 aromatic rings. The molecule has 1 aliphatic carbocycles. The Kier molecular flexibility index (Phi) is 6.97. The molecule has 6 nitrogen and oxygen atoms in total. The number of rotatable bonds is 6. The standard InChI is InChI=1S/C20H38N2O4/c1-20(2,24)18(23)13-25-16-8-6-14(7-9-16)17-11-21-19(26-17)15-5-4-10-22(3)12-15/h14-19,21,23-24H,4-13H2,1-3H3/p+1/t14?,15?,16?,17?,18-,19?/m0/s1. The third-order valence-electron chi connectivity index (χ3n) is 6.61. The summed E-state index contributed by atoms with van der Waals surface area (Å²) >= 11 is 0. The van der Waals surface area contributed by atoms with Gasteiger partial charge in [-0.3, -0.25) is 5.32 Å². The maximum atomic E-state index is 9.91. The van der Waals surface area contributed by atoms with Crippen LogP contribution in [0.5, 0.6) is 0 Å². The number of hydrogen-bond donors (Lipinski definition) is 4. The first-order valence-corrected chi connectivity index (χ1v) is 10.5. The van der Waals surface area contributed by atoms with Gasteiger partial charge in [-0.05, 0) is 58.3 Å². The summed E-state index contributed by atoms with van der Waals surface area (Å²) in [5, 5.41) is 23.3. The fourth-order valence-electron chi connectivity index (χ4n) is 4.71. The number of hydrogen-bond acceptors (Lipinski definition) is 5. The molecular weight excluding hydrogens is 332 g/mol. The topological polar surface area (TPSA) is 75.4 Å². The lowest BCUT2D eigenvalue weighted by Crippen LogP contribution is -3.11. The van der Waals surface area contributed by atoms with Crippen LogP contribution in [0.15, 0.2) is 0 Å². The van der Waals surface area contributed by atoms with E-state index >= 15 is 0 Å². The summed E-state index contributed by atoms with van der Waals surface area (Å²) in [7, 11) is 2.29. The fraction of sp³-hybridized carbons (Fsp3) is 1.00. The molecule has 0 aromatic carbocycles. The summed E-state index contributed by atoms with van der Waals surface area (Å²) in [4.78, 5) is 1.63. The van der Waals surface area contributed by atoms with E-state index in [1.165, 1.54) is 25.9 Å². The molecule has 2 heterocycles. The molecule has 1 saturated carbocycles. The molecule has 2 saturated heterocycles. The molecule has 4 unspecified atom stereocenters. The average Bonchev–Trinajstić information content (AvgIpc) is 3.09. The Bertz CT molecular complexity index is 434. The zero-order valence-electron chi connectivity index (χ0n) is 16.7. The predicted octanol–water partition coefficient (Wildman–Crippen LogP) is -0.0672. The van der Waals surface area contributed by atoms with Crippen LogP contribution in [0.3, 0.4) is 0 Å². The molecule has 152 valence electrons. The van der Waals surface area contributed by atoms with Crippen LogP contribution in [-0.2, 0) is 9.47 Å². The van der Waals surface area contributed by atoms with Crippen LogP contribution in [0.25, 0.3) is 0 Å². The molecule has 4 N–H and O–H groups in total. The summed E-state index contributed by atoms with van der Waals surface area (Å²) in [6.07, 6.45) is 6.82. The maximum absolute atomic E-state index is 9.91. The molecule has 6 heteroatoms. The Morgan fingerprint density at radius 3 is 2.58 bits per heavy atom. The number of aliphatic hydroxyl groups is 2. The summed E-state index contributed by atoms with van der Waals surface area (Å²) in [5.41, 5.74) is -1.11. The molecule has 3 rings (SSSR count). The number of piperidine rings is 1. The van der Waals surface area contributed by atoms with Gasteiger partial charge >= 0.3 is 0 Å².